The Balaban J connectivity index is 3.29. The molecule has 13 heavy (non-hydrogen) atoms. The van der Waals surface area contributed by atoms with Crippen LogP contribution in [0.4, 0.5) is 0 Å². The summed E-state index contributed by atoms with van der Waals surface area (Å²) in [6, 6.07) is 4.65. The van der Waals surface area contributed by atoms with Gasteiger partial charge in [-0.15, -0.1) is 0 Å². The van der Waals surface area contributed by atoms with Gasteiger partial charge in [0, 0.05) is 4.47 Å². The minimum atomic E-state index is -1.14. The van der Waals surface area contributed by atoms with E-state index in [0.717, 1.165) is 0 Å². The highest BCUT2D eigenvalue weighted by molar-refractivity contribution is 9.10. The van der Waals surface area contributed by atoms with Gasteiger partial charge in [0.1, 0.15) is 0 Å². The van der Waals surface area contributed by atoms with Gasteiger partial charge in [-0.05, 0) is 25.0 Å². The Hall–Kier alpha value is -0.0831. The first-order valence-corrected chi connectivity index (χ1v) is 8.89. The van der Waals surface area contributed by atoms with E-state index < -0.39 is 8.07 Å². The standard InChI is InChI=1S/C11H17BrSi/c1-8-6-10(13(3,4)5)7-9(2)11(8)12/h6-7H,1-5H3. The van der Waals surface area contributed by atoms with Gasteiger partial charge in [-0.2, -0.15) is 0 Å². The van der Waals surface area contributed by atoms with Crippen LogP contribution in [0, 0.1) is 13.8 Å². The van der Waals surface area contributed by atoms with Crippen molar-refractivity contribution < 1.29 is 0 Å². The van der Waals surface area contributed by atoms with Crippen LogP contribution in [-0.2, 0) is 0 Å². The van der Waals surface area contributed by atoms with Gasteiger partial charge in [0.15, 0.2) is 0 Å². The predicted octanol–water partition coefficient (Wildman–Crippen LogP) is 3.61. The van der Waals surface area contributed by atoms with Crippen LogP contribution in [0.15, 0.2) is 16.6 Å². The summed E-state index contributed by atoms with van der Waals surface area (Å²) in [5.74, 6) is 0. The third-order valence-corrected chi connectivity index (χ3v) is 5.57. The minimum Gasteiger partial charge on any atom is -0.0656 e. The Bertz CT molecular complexity index is 300. The van der Waals surface area contributed by atoms with E-state index in [1.807, 2.05) is 0 Å². The number of benzene rings is 1. The topological polar surface area (TPSA) is 0 Å². The van der Waals surface area contributed by atoms with E-state index in [-0.39, 0.29) is 0 Å². The molecular formula is C11H17BrSi. The Labute approximate surface area is 90.5 Å². The lowest BCUT2D eigenvalue weighted by Gasteiger charge is -2.19. The Morgan fingerprint density at radius 2 is 1.38 bits per heavy atom. The number of hydrogen-bond acceptors (Lipinski definition) is 0. The smallest absolute Gasteiger partial charge is 0.0656 e. The van der Waals surface area contributed by atoms with E-state index in [1.165, 1.54) is 15.6 Å². The molecule has 1 rings (SSSR count). The zero-order chi connectivity index (χ0) is 10.2. The van der Waals surface area contributed by atoms with Crippen LogP contribution in [0.25, 0.3) is 0 Å². The Kier molecular flexibility index (Phi) is 3.03. The third kappa shape index (κ3) is 2.44. The van der Waals surface area contributed by atoms with Crippen molar-refractivity contribution >= 4 is 29.2 Å². The summed E-state index contributed by atoms with van der Waals surface area (Å²) in [4.78, 5) is 0. The highest BCUT2D eigenvalue weighted by Gasteiger charge is 2.17. The second-order valence-corrected chi connectivity index (χ2v) is 10.5. The molecule has 0 unspecified atom stereocenters. The van der Waals surface area contributed by atoms with Crippen LogP contribution in [0.5, 0.6) is 0 Å². The molecule has 0 aliphatic heterocycles. The van der Waals surface area contributed by atoms with Gasteiger partial charge in [-0.25, -0.2) is 0 Å². The summed E-state index contributed by atoms with van der Waals surface area (Å²) >= 11 is 3.60. The molecule has 1 aromatic carbocycles. The molecule has 0 N–H and O–H groups in total. The molecule has 0 aliphatic rings. The molecule has 0 radical (unpaired) electrons. The summed E-state index contributed by atoms with van der Waals surface area (Å²) in [6.45, 7) is 11.5. The van der Waals surface area contributed by atoms with Crippen molar-refractivity contribution in [2.45, 2.75) is 33.5 Å². The van der Waals surface area contributed by atoms with Gasteiger partial charge in [0.25, 0.3) is 0 Å². The second-order valence-electron chi connectivity index (χ2n) is 4.67. The monoisotopic (exact) mass is 256 g/mol. The van der Waals surface area contributed by atoms with Crippen molar-refractivity contribution in [3.05, 3.63) is 27.7 Å². The van der Waals surface area contributed by atoms with E-state index in [4.69, 9.17) is 0 Å². The highest BCUT2D eigenvalue weighted by atomic mass is 79.9. The number of rotatable bonds is 1. The fourth-order valence-electron chi connectivity index (χ4n) is 1.38. The molecule has 0 aromatic heterocycles. The molecule has 0 nitrogen and oxygen atoms in total. The lowest BCUT2D eigenvalue weighted by molar-refractivity contribution is 1.35. The van der Waals surface area contributed by atoms with Gasteiger partial charge in [-0.1, -0.05) is 52.9 Å². The maximum atomic E-state index is 3.60. The third-order valence-electron chi connectivity index (χ3n) is 2.30. The van der Waals surface area contributed by atoms with Gasteiger partial charge in [-0.3, -0.25) is 0 Å². The molecule has 0 saturated heterocycles. The number of hydrogen-bond donors (Lipinski definition) is 0. The largest absolute Gasteiger partial charge is 0.0776 e. The summed E-state index contributed by atoms with van der Waals surface area (Å²) in [5, 5.41) is 1.55. The molecule has 0 heterocycles. The molecule has 72 valence electrons. The molecule has 2 heteroatoms. The molecule has 0 aliphatic carbocycles. The highest BCUT2D eigenvalue weighted by Crippen LogP contribution is 2.20. The van der Waals surface area contributed by atoms with Crippen molar-refractivity contribution in [2.24, 2.45) is 0 Å². The Morgan fingerprint density at radius 1 is 1.00 bits per heavy atom. The predicted molar refractivity (Wildman–Crippen MR) is 66.6 cm³/mol. The summed E-state index contributed by atoms with van der Waals surface area (Å²) in [5.41, 5.74) is 2.72. The maximum absolute atomic E-state index is 3.60. The van der Waals surface area contributed by atoms with Crippen LogP contribution < -0.4 is 5.19 Å². The van der Waals surface area contributed by atoms with Crippen molar-refractivity contribution in [3.8, 4) is 0 Å². The second kappa shape index (κ2) is 3.58. The van der Waals surface area contributed by atoms with Crippen LogP contribution in [0.2, 0.25) is 19.6 Å². The molecule has 0 fully saturated rings. The fraction of sp³-hybridized carbons (Fsp3) is 0.455. The van der Waals surface area contributed by atoms with Crippen LogP contribution in [-0.4, -0.2) is 8.07 Å². The molecular weight excluding hydrogens is 240 g/mol. The summed E-state index contributed by atoms with van der Waals surface area (Å²) in [6.07, 6.45) is 0. The SMILES string of the molecule is Cc1cc([Si](C)(C)C)cc(C)c1Br. The van der Waals surface area contributed by atoms with E-state index in [2.05, 4.69) is 61.6 Å². The maximum Gasteiger partial charge on any atom is 0.0776 e. The lowest BCUT2D eigenvalue weighted by atomic mass is 10.2. The first-order chi connectivity index (χ1) is 5.82. The molecule has 0 spiro atoms. The quantitative estimate of drug-likeness (QED) is 0.674. The van der Waals surface area contributed by atoms with Crippen LogP contribution in [0.1, 0.15) is 11.1 Å². The number of halogens is 1. The van der Waals surface area contributed by atoms with Crippen LogP contribution >= 0.6 is 15.9 Å². The summed E-state index contributed by atoms with van der Waals surface area (Å²) < 4.78 is 1.26. The molecule has 0 amide bonds. The average Bonchev–Trinajstić information content (AvgIpc) is 1.97. The fourth-order valence-corrected chi connectivity index (χ4v) is 2.91. The van der Waals surface area contributed by atoms with Gasteiger partial charge < -0.3 is 0 Å². The van der Waals surface area contributed by atoms with Crippen LogP contribution in [0.3, 0.4) is 0 Å². The molecule has 0 atom stereocenters. The van der Waals surface area contributed by atoms with E-state index in [1.54, 1.807) is 5.19 Å². The number of aryl methyl sites for hydroxylation is 2. The van der Waals surface area contributed by atoms with Gasteiger partial charge in [0.05, 0.1) is 8.07 Å². The normalized spacial score (nSPS) is 11.8. The van der Waals surface area contributed by atoms with E-state index in [0.29, 0.717) is 0 Å². The zero-order valence-electron chi connectivity index (χ0n) is 9.03. The van der Waals surface area contributed by atoms with E-state index >= 15 is 0 Å². The van der Waals surface area contributed by atoms with Crippen molar-refractivity contribution in [3.63, 3.8) is 0 Å². The molecule has 0 saturated carbocycles. The van der Waals surface area contributed by atoms with Gasteiger partial charge in [0.2, 0.25) is 0 Å². The van der Waals surface area contributed by atoms with Crippen molar-refractivity contribution in [1.82, 2.24) is 0 Å². The van der Waals surface area contributed by atoms with Gasteiger partial charge >= 0.3 is 0 Å². The van der Waals surface area contributed by atoms with Crippen molar-refractivity contribution in [1.29, 1.82) is 0 Å². The first-order valence-electron chi connectivity index (χ1n) is 4.59. The lowest BCUT2D eigenvalue weighted by Crippen LogP contribution is -2.37. The molecule has 0 bridgehead atoms. The molecule has 1 aromatic rings. The minimum absolute atomic E-state index is 1.14. The average molecular weight is 257 g/mol. The Morgan fingerprint density at radius 3 is 1.69 bits per heavy atom. The zero-order valence-corrected chi connectivity index (χ0v) is 11.6. The first kappa shape index (κ1) is 11.0. The van der Waals surface area contributed by atoms with Crippen molar-refractivity contribution in [2.75, 3.05) is 0 Å². The summed E-state index contributed by atoms with van der Waals surface area (Å²) in [7, 11) is -1.14. The van der Waals surface area contributed by atoms with E-state index in [9.17, 15) is 0 Å².